The first-order valence-corrected chi connectivity index (χ1v) is 9.35. The summed E-state index contributed by atoms with van der Waals surface area (Å²) in [6, 6.07) is 3.84. The average Bonchev–Trinajstić information content (AvgIpc) is 3.01. The van der Waals surface area contributed by atoms with Crippen LogP contribution in [-0.4, -0.2) is 40.5 Å². The summed E-state index contributed by atoms with van der Waals surface area (Å²) >= 11 is 0. The highest BCUT2D eigenvalue weighted by Gasteiger charge is 2.15. The molecule has 0 spiro atoms. The topological polar surface area (TPSA) is 83.3 Å². The summed E-state index contributed by atoms with van der Waals surface area (Å²) in [5, 5.41) is 8.88. The Morgan fingerprint density at radius 1 is 1.11 bits per heavy atom. The molecular weight excluding hydrogens is 358 g/mol. The number of fused-ring (bicyclic) bond motifs is 1. The molecular formula is C20H27N5O3. The highest BCUT2D eigenvalue weighted by molar-refractivity contribution is 5.85. The minimum atomic E-state index is 0.293. The fraction of sp³-hybridized carbons (Fsp3) is 0.450. The molecule has 2 aromatic heterocycles. The Hall–Kier alpha value is -3.03. The maximum Gasteiger partial charge on any atom is 0.180 e. The molecule has 0 aliphatic heterocycles. The van der Waals surface area contributed by atoms with Crippen molar-refractivity contribution in [2.24, 2.45) is 7.05 Å². The maximum absolute atomic E-state index is 6.03. The molecule has 0 unspecified atom stereocenters. The van der Waals surface area contributed by atoms with Crippen LogP contribution in [0, 0.1) is 6.92 Å². The molecule has 8 nitrogen and oxygen atoms in total. The van der Waals surface area contributed by atoms with Crippen LogP contribution in [0.3, 0.4) is 0 Å². The zero-order valence-corrected chi connectivity index (χ0v) is 17.1. The number of unbranched alkanes of at least 4 members (excludes halogenated alkanes) is 1. The van der Waals surface area contributed by atoms with Crippen molar-refractivity contribution in [1.82, 2.24) is 19.7 Å². The van der Waals surface area contributed by atoms with Gasteiger partial charge in [0.1, 0.15) is 18.1 Å². The zero-order chi connectivity index (χ0) is 20.1. The van der Waals surface area contributed by atoms with E-state index in [0.29, 0.717) is 35.5 Å². The third kappa shape index (κ3) is 4.11. The van der Waals surface area contributed by atoms with E-state index < -0.39 is 0 Å². The monoisotopic (exact) mass is 385 g/mol. The molecule has 28 heavy (non-hydrogen) atoms. The molecule has 0 aliphatic carbocycles. The molecule has 1 aromatic carbocycles. The minimum absolute atomic E-state index is 0.293. The molecule has 1 N–H and O–H groups in total. The van der Waals surface area contributed by atoms with Gasteiger partial charge in [0.25, 0.3) is 0 Å². The zero-order valence-electron chi connectivity index (χ0n) is 17.1. The van der Waals surface area contributed by atoms with Gasteiger partial charge in [0.05, 0.1) is 25.9 Å². The van der Waals surface area contributed by atoms with E-state index in [4.69, 9.17) is 14.2 Å². The van der Waals surface area contributed by atoms with Crippen molar-refractivity contribution in [2.45, 2.75) is 33.3 Å². The SMILES string of the molecule is CCCCNc1nc(C)ncc1OCc1nn(C)c2cc(OC)c(OC)cc12. The quantitative estimate of drug-likeness (QED) is 0.565. The summed E-state index contributed by atoms with van der Waals surface area (Å²) in [6.45, 7) is 5.15. The first kappa shape index (κ1) is 19.7. The van der Waals surface area contributed by atoms with Gasteiger partial charge in [0.15, 0.2) is 23.1 Å². The highest BCUT2D eigenvalue weighted by atomic mass is 16.5. The molecule has 0 aliphatic rings. The second-order valence-corrected chi connectivity index (χ2v) is 6.49. The van der Waals surface area contributed by atoms with Crippen LogP contribution in [0.5, 0.6) is 17.2 Å². The van der Waals surface area contributed by atoms with Gasteiger partial charge in [-0.05, 0) is 19.4 Å². The van der Waals surface area contributed by atoms with Gasteiger partial charge in [-0.15, -0.1) is 0 Å². The lowest BCUT2D eigenvalue weighted by Gasteiger charge is -2.12. The number of hydrogen-bond acceptors (Lipinski definition) is 7. The Bertz CT molecular complexity index is 955. The second kappa shape index (κ2) is 8.77. The van der Waals surface area contributed by atoms with Crippen molar-refractivity contribution in [2.75, 3.05) is 26.1 Å². The summed E-state index contributed by atoms with van der Waals surface area (Å²) in [6.07, 6.45) is 3.87. The summed E-state index contributed by atoms with van der Waals surface area (Å²) < 4.78 is 18.6. The Labute approximate surface area is 164 Å². The van der Waals surface area contributed by atoms with Crippen molar-refractivity contribution in [1.29, 1.82) is 0 Å². The highest BCUT2D eigenvalue weighted by Crippen LogP contribution is 2.34. The number of anilines is 1. The molecule has 0 fully saturated rings. The third-order valence-corrected chi connectivity index (χ3v) is 4.49. The molecule has 2 heterocycles. The minimum Gasteiger partial charge on any atom is -0.493 e. The van der Waals surface area contributed by atoms with Gasteiger partial charge in [-0.2, -0.15) is 5.10 Å². The van der Waals surface area contributed by atoms with Crippen LogP contribution in [0.15, 0.2) is 18.3 Å². The van der Waals surface area contributed by atoms with E-state index in [1.807, 2.05) is 30.8 Å². The number of methoxy groups -OCH3 is 2. The van der Waals surface area contributed by atoms with Gasteiger partial charge >= 0.3 is 0 Å². The van der Waals surface area contributed by atoms with Crippen molar-refractivity contribution < 1.29 is 14.2 Å². The Morgan fingerprint density at radius 2 is 1.86 bits per heavy atom. The van der Waals surface area contributed by atoms with E-state index in [9.17, 15) is 0 Å². The number of nitrogens with zero attached hydrogens (tertiary/aromatic N) is 4. The molecule has 0 bridgehead atoms. The van der Waals surface area contributed by atoms with E-state index in [-0.39, 0.29) is 0 Å². The molecule has 8 heteroatoms. The second-order valence-electron chi connectivity index (χ2n) is 6.49. The number of rotatable bonds is 9. The van der Waals surface area contributed by atoms with Gasteiger partial charge in [0, 0.05) is 25.0 Å². The van der Waals surface area contributed by atoms with E-state index >= 15 is 0 Å². The molecule has 0 amide bonds. The lowest BCUT2D eigenvalue weighted by atomic mass is 10.2. The number of ether oxygens (including phenoxy) is 3. The van der Waals surface area contributed by atoms with Crippen LogP contribution in [0.2, 0.25) is 0 Å². The number of nitrogens with one attached hydrogen (secondary N) is 1. The fourth-order valence-electron chi connectivity index (χ4n) is 2.98. The fourth-order valence-corrected chi connectivity index (χ4v) is 2.98. The first-order chi connectivity index (χ1) is 13.6. The van der Waals surface area contributed by atoms with Crippen LogP contribution < -0.4 is 19.5 Å². The standard InChI is InChI=1S/C20H27N5O3/c1-6-7-8-21-20-19(11-22-13(2)23-20)28-12-15-14-9-17(26-4)18(27-5)10-16(14)25(3)24-15/h9-11H,6-8,12H2,1-5H3,(H,21,22,23). The Morgan fingerprint density at radius 3 is 2.57 bits per heavy atom. The van der Waals surface area contributed by atoms with Gasteiger partial charge in [-0.25, -0.2) is 9.97 Å². The number of aromatic nitrogens is 4. The van der Waals surface area contributed by atoms with E-state index in [1.54, 1.807) is 20.4 Å². The lowest BCUT2D eigenvalue weighted by Crippen LogP contribution is -2.08. The molecule has 0 atom stereocenters. The number of benzene rings is 1. The van der Waals surface area contributed by atoms with Crippen LogP contribution in [0.4, 0.5) is 5.82 Å². The van der Waals surface area contributed by atoms with Crippen LogP contribution in [0.1, 0.15) is 31.3 Å². The summed E-state index contributed by atoms with van der Waals surface area (Å²) in [4.78, 5) is 8.73. The van der Waals surface area contributed by atoms with Gasteiger partial charge < -0.3 is 19.5 Å². The van der Waals surface area contributed by atoms with Gasteiger partial charge in [0.2, 0.25) is 0 Å². The Kier molecular flexibility index (Phi) is 6.18. The molecule has 0 saturated heterocycles. The smallest absolute Gasteiger partial charge is 0.180 e. The molecule has 3 rings (SSSR count). The molecule has 3 aromatic rings. The first-order valence-electron chi connectivity index (χ1n) is 9.35. The maximum atomic E-state index is 6.03. The van der Waals surface area contributed by atoms with E-state index in [1.165, 1.54) is 0 Å². The van der Waals surface area contributed by atoms with Crippen LogP contribution in [0.25, 0.3) is 10.9 Å². The average molecular weight is 385 g/mol. The summed E-state index contributed by atoms with van der Waals surface area (Å²) in [5.41, 5.74) is 1.75. The van der Waals surface area contributed by atoms with Gasteiger partial charge in [-0.1, -0.05) is 13.3 Å². The van der Waals surface area contributed by atoms with Crippen molar-refractivity contribution in [3.05, 3.63) is 29.8 Å². The van der Waals surface area contributed by atoms with Crippen molar-refractivity contribution in [3.8, 4) is 17.2 Å². The van der Waals surface area contributed by atoms with Gasteiger partial charge in [-0.3, -0.25) is 4.68 Å². The predicted octanol–water partition coefficient (Wildman–Crippen LogP) is 3.48. The van der Waals surface area contributed by atoms with Crippen LogP contribution in [-0.2, 0) is 13.7 Å². The lowest BCUT2D eigenvalue weighted by molar-refractivity contribution is 0.300. The Balaban J connectivity index is 1.86. The van der Waals surface area contributed by atoms with Crippen molar-refractivity contribution in [3.63, 3.8) is 0 Å². The largest absolute Gasteiger partial charge is 0.493 e. The predicted molar refractivity (Wildman–Crippen MR) is 108 cm³/mol. The van der Waals surface area contributed by atoms with E-state index in [2.05, 4.69) is 27.3 Å². The normalized spacial score (nSPS) is 10.9. The molecule has 150 valence electrons. The summed E-state index contributed by atoms with van der Waals surface area (Å²) in [5.74, 6) is 3.34. The van der Waals surface area contributed by atoms with E-state index in [0.717, 1.165) is 36.0 Å². The number of aryl methyl sites for hydroxylation is 2. The molecule has 0 saturated carbocycles. The third-order valence-electron chi connectivity index (χ3n) is 4.49. The molecule has 0 radical (unpaired) electrons. The number of hydrogen-bond donors (Lipinski definition) is 1. The van der Waals surface area contributed by atoms with Crippen molar-refractivity contribution >= 4 is 16.7 Å². The van der Waals surface area contributed by atoms with Crippen LogP contribution >= 0.6 is 0 Å². The summed E-state index contributed by atoms with van der Waals surface area (Å²) in [7, 11) is 5.13.